The minimum absolute atomic E-state index is 0.0128. The lowest BCUT2D eigenvalue weighted by Crippen LogP contribution is -2.17. The highest BCUT2D eigenvalue weighted by molar-refractivity contribution is 7.90. The van der Waals surface area contributed by atoms with Gasteiger partial charge >= 0.3 is 5.97 Å². The normalized spacial score (nSPS) is 11.1. The van der Waals surface area contributed by atoms with Gasteiger partial charge in [0.15, 0.2) is 22.3 Å². The second kappa shape index (κ2) is 6.79. The van der Waals surface area contributed by atoms with Crippen LogP contribution in [0.1, 0.15) is 16.2 Å². The first-order chi connectivity index (χ1) is 11.2. The van der Waals surface area contributed by atoms with Crippen LogP contribution in [0.4, 0.5) is 11.9 Å². The van der Waals surface area contributed by atoms with Gasteiger partial charge in [0.2, 0.25) is 11.9 Å². The highest BCUT2D eigenvalue weighted by atomic mass is 32.2. The average molecular weight is 351 g/mol. The van der Waals surface area contributed by atoms with Gasteiger partial charge in [0.25, 0.3) is 0 Å². The van der Waals surface area contributed by atoms with Crippen LogP contribution in [0.5, 0.6) is 0 Å². The summed E-state index contributed by atoms with van der Waals surface area (Å²) in [5.74, 6) is -0.142. The molecule has 0 unspecified atom stereocenters. The van der Waals surface area contributed by atoms with Crippen LogP contribution >= 0.6 is 0 Å². The molecule has 0 radical (unpaired) electrons. The fourth-order valence-corrected chi connectivity index (χ4v) is 2.42. The summed E-state index contributed by atoms with van der Waals surface area (Å²) in [5, 5.41) is 0. The highest BCUT2D eigenvalue weighted by Crippen LogP contribution is 2.13. The molecule has 2 aromatic rings. The van der Waals surface area contributed by atoms with E-state index in [9.17, 15) is 13.2 Å². The van der Waals surface area contributed by atoms with Crippen molar-refractivity contribution in [2.24, 2.45) is 0 Å². The minimum Gasteiger partial charge on any atom is -0.454 e. The number of benzene rings is 1. The zero-order chi connectivity index (χ0) is 17.9. The zero-order valence-electron chi connectivity index (χ0n) is 13.4. The van der Waals surface area contributed by atoms with Gasteiger partial charge in [0.1, 0.15) is 0 Å². The van der Waals surface area contributed by atoms with Gasteiger partial charge in [-0.15, -0.1) is 0 Å². The first-order valence-corrected chi connectivity index (χ1v) is 8.71. The Morgan fingerprint density at radius 2 is 1.96 bits per heavy atom. The Hall–Kier alpha value is -2.75. The monoisotopic (exact) mass is 351 g/mol. The van der Waals surface area contributed by atoms with E-state index < -0.39 is 15.8 Å². The molecule has 1 heterocycles. The van der Waals surface area contributed by atoms with Crippen molar-refractivity contribution in [3.05, 3.63) is 35.7 Å². The summed E-state index contributed by atoms with van der Waals surface area (Å²) in [7, 11) is 0.0652. The molecule has 0 saturated carbocycles. The average Bonchev–Trinajstić information content (AvgIpc) is 2.51. The molecule has 0 atom stereocenters. The van der Waals surface area contributed by atoms with E-state index in [-0.39, 0.29) is 28.8 Å². The van der Waals surface area contributed by atoms with E-state index in [2.05, 4.69) is 15.0 Å². The number of rotatable bonds is 5. The second-order valence-corrected chi connectivity index (χ2v) is 7.20. The molecule has 0 spiro atoms. The summed E-state index contributed by atoms with van der Waals surface area (Å²) in [6.45, 7) is -0.213. The molecular weight excluding hydrogens is 334 g/mol. The fourth-order valence-electron chi connectivity index (χ4n) is 1.76. The summed E-state index contributed by atoms with van der Waals surface area (Å²) in [6, 6.07) is 5.59. The van der Waals surface area contributed by atoms with Crippen molar-refractivity contribution in [2.75, 3.05) is 31.0 Å². The number of nitrogen functional groups attached to an aromatic ring is 1. The highest BCUT2D eigenvalue weighted by Gasteiger charge is 2.14. The number of aromatic nitrogens is 3. The molecule has 1 aromatic heterocycles. The summed E-state index contributed by atoms with van der Waals surface area (Å²) >= 11 is 0. The van der Waals surface area contributed by atoms with Crippen molar-refractivity contribution in [1.29, 1.82) is 0 Å². The van der Waals surface area contributed by atoms with Gasteiger partial charge in [-0.3, -0.25) is 0 Å². The van der Waals surface area contributed by atoms with E-state index in [0.29, 0.717) is 5.95 Å². The third-order valence-corrected chi connectivity index (χ3v) is 4.03. The largest absolute Gasteiger partial charge is 0.454 e. The van der Waals surface area contributed by atoms with Crippen LogP contribution in [0.2, 0.25) is 0 Å². The van der Waals surface area contributed by atoms with E-state index in [1.54, 1.807) is 19.0 Å². The number of nitrogens with two attached hydrogens (primary N) is 1. The molecule has 10 heteroatoms. The Balaban J connectivity index is 2.14. The van der Waals surface area contributed by atoms with Crippen molar-refractivity contribution in [3.8, 4) is 0 Å². The second-order valence-electron chi connectivity index (χ2n) is 5.18. The van der Waals surface area contributed by atoms with Crippen molar-refractivity contribution in [2.45, 2.75) is 11.5 Å². The number of hydrogen-bond acceptors (Lipinski definition) is 9. The molecule has 128 valence electrons. The third kappa shape index (κ3) is 4.38. The van der Waals surface area contributed by atoms with Crippen LogP contribution in [0, 0.1) is 0 Å². The standard InChI is InChI=1S/C14H17N5O4S/c1-19(2)14-17-11(16-13(15)18-14)8-23-12(20)9-5-4-6-10(7-9)24(3,21)22/h4-7H,8H2,1-3H3,(H2,15,16,17,18). The predicted molar refractivity (Wildman–Crippen MR) is 87.2 cm³/mol. The van der Waals surface area contributed by atoms with E-state index >= 15 is 0 Å². The maximum Gasteiger partial charge on any atom is 0.338 e. The zero-order valence-corrected chi connectivity index (χ0v) is 14.2. The number of hydrogen-bond donors (Lipinski definition) is 1. The maximum absolute atomic E-state index is 12.1. The van der Waals surface area contributed by atoms with Gasteiger partial charge in [0, 0.05) is 20.4 Å². The summed E-state index contributed by atoms with van der Waals surface area (Å²) in [6.07, 6.45) is 1.06. The van der Waals surface area contributed by atoms with Crippen LogP contribution in [0.25, 0.3) is 0 Å². The molecule has 0 saturated heterocycles. The Kier molecular flexibility index (Phi) is 4.98. The van der Waals surface area contributed by atoms with Gasteiger partial charge in [-0.1, -0.05) is 6.07 Å². The Labute approximate surface area is 139 Å². The third-order valence-electron chi connectivity index (χ3n) is 2.92. The van der Waals surface area contributed by atoms with E-state index in [1.165, 1.54) is 24.3 Å². The molecule has 24 heavy (non-hydrogen) atoms. The van der Waals surface area contributed by atoms with Crippen molar-refractivity contribution in [3.63, 3.8) is 0 Å². The van der Waals surface area contributed by atoms with Crippen molar-refractivity contribution in [1.82, 2.24) is 15.0 Å². The Bertz CT molecular complexity index is 867. The number of esters is 1. The quantitative estimate of drug-likeness (QED) is 0.755. The number of ether oxygens (including phenoxy) is 1. The SMILES string of the molecule is CN(C)c1nc(N)nc(COC(=O)c2cccc(S(C)(=O)=O)c2)n1. The van der Waals surface area contributed by atoms with Crippen LogP contribution in [-0.2, 0) is 21.2 Å². The summed E-state index contributed by atoms with van der Waals surface area (Å²) < 4.78 is 28.2. The van der Waals surface area contributed by atoms with Gasteiger partial charge in [-0.2, -0.15) is 15.0 Å². The van der Waals surface area contributed by atoms with Gasteiger partial charge in [-0.25, -0.2) is 13.2 Å². The van der Waals surface area contributed by atoms with E-state index in [4.69, 9.17) is 10.5 Å². The van der Waals surface area contributed by atoms with E-state index in [0.717, 1.165) is 6.26 Å². The summed E-state index contributed by atoms with van der Waals surface area (Å²) in [4.78, 5) is 25.7. The lowest BCUT2D eigenvalue weighted by molar-refractivity contribution is 0.0462. The smallest absolute Gasteiger partial charge is 0.338 e. The van der Waals surface area contributed by atoms with Crippen LogP contribution < -0.4 is 10.6 Å². The number of carbonyl (C=O) groups is 1. The van der Waals surface area contributed by atoms with E-state index in [1.807, 2.05) is 0 Å². The lowest BCUT2D eigenvalue weighted by Gasteiger charge is -2.11. The lowest BCUT2D eigenvalue weighted by atomic mass is 10.2. The molecule has 0 bridgehead atoms. The van der Waals surface area contributed by atoms with Crippen molar-refractivity contribution < 1.29 is 17.9 Å². The van der Waals surface area contributed by atoms with Crippen LogP contribution in [0.15, 0.2) is 29.2 Å². The molecule has 2 rings (SSSR count). The fraction of sp³-hybridized carbons (Fsp3) is 0.286. The molecule has 0 fully saturated rings. The molecular formula is C14H17N5O4S. The van der Waals surface area contributed by atoms with Gasteiger partial charge in [-0.05, 0) is 18.2 Å². The Morgan fingerprint density at radius 1 is 1.25 bits per heavy atom. The molecule has 0 aliphatic rings. The van der Waals surface area contributed by atoms with Crippen LogP contribution in [0.3, 0.4) is 0 Å². The number of anilines is 2. The van der Waals surface area contributed by atoms with Gasteiger partial charge in [0.05, 0.1) is 10.5 Å². The van der Waals surface area contributed by atoms with Crippen LogP contribution in [-0.4, -0.2) is 49.7 Å². The molecule has 1 aromatic carbocycles. The molecule has 0 aliphatic heterocycles. The van der Waals surface area contributed by atoms with Crippen molar-refractivity contribution >= 4 is 27.7 Å². The predicted octanol–water partition coefficient (Wildman–Crippen LogP) is 0.280. The first-order valence-electron chi connectivity index (χ1n) is 6.82. The summed E-state index contributed by atoms with van der Waals surface area (Å²) in [5.41, 5.74) is 5.70. The molecule has 2 N–H and O–H groups in total. The number of carbonyl (C=O) groups excluding carboxylic acids is 1. The minimum atomic E-state index is -3.41. The van der Waals surface area contributed by atoms with Gasteiger partial charge < -0.3 is 15.4 Å². The number of nitrogens with zero attached hydrogens (tertiary/aromatic N) is 4. The molecule has 9 nitrogen and oxygen atoms in total. The number of sulfone groups is 1. The topological polar surface area (TPSA) is 128 Å². The Morgan fingerprint density at radius 3 is 2.58 bits per heavy atom. The maximum atomic E-state index is 12.1. The first kappa shape index (κ1) is 17.6. The molecule has 0 aliphatic carbocycles. The molecule has 0 amide bonds.